The Bertz CT molecular complexity index is 627. The maximum Gasteiger partial charge on any atom is 0.315 e. The molecule has 2 atom stereocenters. The molecule has 0 bridgehead atoms. The first-order chi connectivity index (χ1) is 10.6. The average molecular weight is 337 g/mol. The van der Waals surface area contributed by atoms with Gasteiger partial charge in [0.2, 0.25) is 0 Å². The van der Waals surface area contributed by atoms with E-state index in [0.717, 1.165) is 21.9 Å². The van der Waals surface area contributed by atoms with E-state index < -0.39 is 10.8 Å². The van der Waals surface area contributed by atoms with Crippen molar-refractivity contribution in [3.05, 3.63) is 46.4 Å². The third-order valence-corrected chi connectivity index (χ3v) is 5.00. The van der Waals surface area contributed by atoms with Crippen molar-refractivity contribution in [1.82, 2.24) is 15.6 Å². The number of hydrogen-bond acceptors (Lipinski definition) is 4. The molecule has 2 N–H and O–H groups in total. The van der Waals surface area contributed by atoms with Crippen molar-refractivity contribution in [3.8, 4) is 0 Å². The SMILES string of the molecule is CC[C@H](NC(=O)NCc1ccc([S@](C)=O)cc1)c1nccs1. The third kappa shape index (κ3) is 4.64. The molecular weight excluding hydrogens is 318 g/mol. The van der Waals surface area contributed by atoms with Crippen molar-refractivity contribution in [2.75, 3.05) is 6.26 Å². The minimum absolute atomic E-state index is 0.0649. The van der Waals surface area contributed by atoms with Crippen molar-refractivity contribution in [2.24, 2.45) is 0 Å². The standard InChI is InChI=1S/C15H19N3O2S2/c1-3-13(14-16-8-9-21-14)18-15(19)17-10-11-4-6-12(7-5-11)22(2)20/h4-9,13H,3,10H2,1-2H3,(H2,17,18,19)/t13-,22-/m0/s1. The summed E-state index contributed by atoms with van der Waals surface area (Å²) in [5, 5.41) is 8.55. The van der Waals surface area contributed by atoms with Gasteiger partial charge in [-0.1, -0.05) is 19.1 Å². The van der Waals surface area contributed by atoms with Gasteiger partial charge in [-0.25, -0.2) is 9.78 Å². The van der Waals surface area contributed by atoms with Crippen molar-refractivity contribution in [1.29, 1.82) is 0 Å². The highest BCUT2D eigenvalue weighted by Gasteiger charge is 2.14. The Labute approximate surface area is 136 Å². The van der Waals surface area contributed by atoms with Crippen LogP contribution in [0.5, 0.6) is 0 Å². The van der Waals surface area contributed by atoms with Gasteiger partial charge in [0, 0.05) is 40.1 Å². The lowest BCUT2D eigenvalue weighted by Gasteiger charge is -2.15. The van der Waals surface area contributed by atoms with E-state index in [0.29, 0.717) is 6.54 Å². The Morgan fingerprint density at radius 1 is 1.36 bits per heavy atom. The van der Waals surface area contributed by atoms with Crippen molar-refractivity contribution in [3.63, 3.8) is 0 Å². The number of carbonyl (C=O) groups excluding carboxylic acids is 1. The summed E-state index contributed by atoms with van der Waals surface area (Å²) in [5.41, 5.74) is 0.964. The lowest BCUT2D eigenvalue weighted by atomic mass is 10.2. The summed E-state index contributed by atoms with van der Waals surface area (Å²) in [7, 11) is -0.982. The molecule has 2 rings (SSSR count). The number of amides is 2. The normalized spacial score (nSPS) is 13.4. The van der Waals surface area contributed by atoms with Crippen molar-refractivity contribution in [2.45, 2.75) is 30.8 Å². The molecule has 7 heteroatoms. The Morgan fingerprint density at radius 2 is 2.09 bits per heavy atom. The predicted molar refractivity (Wildman–Crippen MR) is 89.3 cm³/mol. The zero-order valence-electron chi connectivity index (χ0n) is 12.5. The minimum Gasteiger partial charge on any atom is -0.334 e. The maximum absolute atomic E-state index is 12.0. The molecule has 0 saturated carbocycles. The number of carbonyl (C=O) groups is 1. The highest BCUT2D eigenvalue weighted by atomic mass is 32.2. The maximum atomic E-state index is 12.0. The minimum atomic E-state index is -0.982. The van der Waals surface area contributed by atoms with Crippen LogP contribution in [-0.2, 0) is 17.3 Å². The second-order valence-corrected chi connectivity index (χ2v) is 7.06. The molecule has 0 unspecified atom stereocenters. The van der Waals surface area contributed by atoms with E-state index in [-0.39, 0.29) is 12.1 Å². The van der Waals surface area contributed by atoms with Gasteiger partial charge in [-0.15, -0.1) is 11.3 Å². The molecule has 0 fully saturated rings. The smallest absolute Gasteiger partial charge is 0.315 e. The lowest BCUT2D eigenvalue weighted by Crippen LogP contribution is -2.37. The molecule has 22 heavy (non-hydrogen) atoms. The fourth-order valence-corrected chi connectivity index (χ4v) is 3.23. The van der Waals surface area contributed by atoms with E-state index in [4.69, 9.17) is 0 Å². The molecule has 2 aromatic rings. The second kappa shape index (κ2) is 8.05. The monoisotopic (exact) mass is 337 g/mol. The Hall–Kier alpha value is -1.73. The van der Waals surface area contributed by atoms with E-state index >= 15 is 0 Å². The first kappa shape index (κ1) is 16.6. The van der Waals surface area contributed by atoms with Crippen molar-refractivity contribution >= 4 is 28.2 Å². The first-order valence-corrected chi connectivity index (χ1v) is 9.40. The Morgan fingerprint density at radius 3 is 2.64 bits per heavy atom. The topological polar surface area (TPSA) is 71.1 Å². The number of nitrogens with one attached hydrogen (secondary N) is 2. The van der Waals surface area contributed by atoms with Gasteiger partial charge < -0.3 is 10.6 Å². The van der Waals surface area contributed by atoms with Crippen LogP contribution in [0.4, 0.5) is 4.79 Å². The van der Waals surface area contributed by atoms with Crippen LogP contribution in [0.2, 0.25) is 0 Å². The van der Waals surface area contributed by atoms with Crippen LogP contribution in [-0.4, -0.2) is 21.5 Å². The van der Waals surface area contributed by atoms with Crippen LogP contribution in [0, 0.1) is 0 Å². The van der Waals surface area contributed by atoms with Gasteiger partial charge in [-0.2, -0.15) is 0 Å². The van der Waals surface area contributed by atoms with Crippen LogP contribution >= 0.6 is 11.3 Å². The van der Waals surface area contributed by atoms with Gasteiger partial charge in [-0.3, -0.25) is 4.21 Å². The number of aromatic nitrogens is 1. The molecular formula is C15H19N3O2S2. The molecule has 0 radical (unpaired) electrons. The summed E-state index contributed by atoms with van der Waals surface area (Å²) in [6, 6.07) is 7.09. The third-order valence-electron chi connectivity index (χ3n) is 3.17. The van der Waals surface area contributed by atoms with Crippen LogP contribution in [0.3, 0.4) is 0 Å². The number of benzene rings is 1. The second-order valence-electron chi connectivity index (χ2n) is 4.76. The summed E-state index contributed by atoms with van der Waals surface area (Å²) in [6.07, 6.45) is 4.17. The molecule has 1 aromatic heterocycles. The van der Waals surface area contributed by atoms with Gasteiger partial charge >= 0.3 is 6.03 Å². The fourth-order valence-electron chi connectivity index (χ4n) is 1.94. The summed E-state index contributed by atoms with van der Waals surface area (Å²) >= 11 is 1.53. The Kier molecular flexibility index (Phi) is 6.09. The van der Waals surface area contributed by atoms with Crippen LogP contribution in [0.15, 0.2) is 40.7 Å². The molecule has 0 aliphatic rings. The number of nitrogens with zero attached hydrogens (tertiary/aromatic N) is 1. The molecule has 0 spiro atoms. The summed E-state index contributed by atoms with van der Waals surface area (Å²) < 4.78 is 11.3. The van der Waals surface area contributed by atoms with Gasteiger partial charge in [0.25, 0.3) is 0 Å². The zero-order chi connectivity index (χ0) is 15.9. The summed E-state index contributed by atoms with van der Waals surface area (Å²) in [5.74, 6) is 0. The van der Waals surface area contributed by atoms with Crippen molar-refractivity contribution < 1.29 is 9.00 Å². The van der Waals surface area contributed by atoms with E-state index in [1.54, 1.807) is 12.5 Å². The largest absolute Gasteiger partial charge is 0.334 e. The zero-order valence-corrected chi connectivity index (χ0v) is 14.2. The number of urea groups is 1. The van der Waals surface area contributed by atoms with Gasteiger partial charge in [0.1, 0.15) is 5.01 Å². The molecule has 1 aromatic carbocycles. The molecule has 2 amide bonds. The van der Waals surface area contributed by atoms with E-state index in [9.17, 15) is 9.00 Å². The van der Waals surface area contributed by atoms with Gasteiger partial charge in [-0.05, 0) is 24.1 Å². The molecule has 0 aliphatic heterocycles. The van der Waals surface area contributed by atoms with Crippen LogP contribution in [0.1, 0.15) is 30.0 Å². The molecule has 1 heterocycles. The van der Waals surface area contributed by atoms with Gasteiger partial charge in [0.05, 0.1) is 6.04 Å². The molecule has 118 valence electrons. The highest BCUT2D eigenvalue weighted by Crippen LogP contribution is 2.18. The number of thiazole rings is 1. The van der Waals surface area contributed by atoms with E-state index in [1.807, 2.05) is 36.6 Å². The Balaban J connectivity index is 1.85. The molecule has 0 saturated heterocycles. The van der Waals surface area contributed by atoms with Crippen LogP contribution < -0.4 is 10.6 Å². The predicted octanol–water partition coefficient (Wildman–Crippen LogP) is 2.83. The highest BCUT2D eigenvalue weighted by molar-refractivity contribution is 7.84. The molecule has 5 nitrogen and oxygen atoms in total. The quantitative estimate of drug-likeness (QED) is 0.851. The lowest BCUT2D eigenvalue weighted by molar-refractivity contribution is 0.236. The fraction of sp³-hybridized carbons (Fsp3) is 0.333. The average Bonchev–Trinajstić information content (AvgIpc) is 3.05. The first-order valence-electron chi connectivity index (χ1n) is 6.96. The van der Waals surface area contributed by atoms with E-state index in [1.165, 1.54) is 11.3 Å². The van der Waals surface area contributed by atoms with E-state index in [2.05, 4.69) is 15.6 Å². The summed E-state index contributed by atoms with van der Waals surface area (Å²) in [4.78, 5) is 17.0. The van der Waals surface area contributed by atoms with Crippen LogP contribution in [0.25, 0.3) is 0 Å². The molecule has 0 aliphatic carbocycles. The number of hydrogen-bond donors (Lipinski definition) is 2. The number of rotatable bonds is 6. The summed E-state index contributed by atoms with van der Waals surface area (Å²) in [6.45, 7) is 2.44. The van der Waals surface area contributed by atoms with Gasteiger partial charge in [0.15, 0.2) is 0 Å².